The fourth-order valence-corrected chi connectivity index (χ4v) is 3.46. The standard InChI is InChI=1S/C19H28N4.HI/c1-20-19(23-16-9-3-2-4-10-16)21-13-7-8-15-14-22-18-12-6-5-11-17(15)18;/h5-6,11-12,14,16,22H,2-4,7-10,13H2,1H3,(H2,20,21,23);1H. The molecule has 24 heavy (non-hydrogen) atoms. The highest BCUT2D eigenvalue weighted by molar-refractivity contribution is 14.0. The van der Waals surface area contributed by atoms with E-state index in [1.165, 1.54) is 48.6 Å². The second-order valence-electron chi connectivity index (χ2n) is 6.44. The Balaban J connectivity index is 0.00000208. The van der Waals surface area contributed by atoms with Crippen molar-refractivity contribution in [3.63, 3.8) is 0 Å². The maximum atomic E-state index is 4.35. The summed E-state index contributed by atoms with van der Waals surface area (Å²) in [6, 6.07) is 9.10. The zero-order chi connectivity index (χ0) is 15.9. The molecule has 0 unspecified atom stereocenters. The summed E-state index contributed by atoms with van der Waals surface area (Å²) in [6.07, 6.45) is 10.9. The van der Waals surface area contributed by atoms with E-state index in [9.17, 15) is 0 Å². The Bertz CT molecular complexity index is 644. The van der Waals surface area contributed by atoms with E-state index in [2.05, 4.69) is 51.1 Å². The molecule has 1 heterocycles. The van der Waals surface area contributed by atoms with Gasteiger partial charge in [0.15, 0.2) is 5.96 Å². The number of rotatable bonds is 5. The molecule has 0 saturated heterocycles. The van der Waals surface area contributed by atoms with Crippen LogP contribution in [-0.2, 0) is 6.42 Å². The highest BCUT2D eigenvalue weighted by Gasteiger charge is 2.14. The molecule has 4 nitrogen and oxygen atoms in total. The molecule has 1 saturated carbocycles. The molecule has 0 aliphatic heterocycles. The van der Waals surface area contributed by atoms with E-state index in [-0.39, 0.29) is 24.0 Å². The average molecular weight is 440 g/mol. The Morgan fingerprint density at radius 3 is 2.79 bits per heavy atom. The molecule has 3 rings (SSSR count). The van der Waals surface area contributed by atoms with Gasteiger partial charge in [0.05, 0.1) is 0 Å². The van der Waals surface area contributed by atoms with E-state index in [1.807, 2.05) is 7.05 Å². The van der Waals surface area contributed by atoms with Crippen molar-refractivity contribution >= 4 is 40.8 Å². The van der Waals surface area contributed by atoms with Gasteiger partial charge in [-0.1, -0.05) is 37.5 Å². The first-order chi connectivity index (χ1) is 11.4. The fraction of sp³-hybridized carbons (Fsp3) is 0.526. The van der Waals surface area contributed by atoms with Crippen LogP contribution in [-0.4, -0.2) is 30.6 Å². The molecule has 0 amide bonds. The molecule has 0 bridgehead atoms. The molecule has 1 fully saturated rings. The van der Waals surface area contributed by atoms with Crippen LogP contribution in [0.25, 0.3) is 10.9 Å². The largest absolute Gasteiger partial charge is 0.361 e. The number of fused-ring (bicyclic) bond motifs is 1. The third-order valence-corrected chi connectivity index (χ3v) is 4.76. The summed E-state index contributed by atoms with van der Waals surface area (Å²) >= 11 is 0. The molecule has 0 atom stereocenters. The van der Waals surface area contributed by atoms with Crippen molar-refractivity contribution in [3.05, 3.63) is 36.0 Å². The Morgan fingerprint density at radius 2 is 2.00 bits per heavy atom. The molecule has 2 aromatic rings. The van der Waals surface area contributed by atoms with Crippen LogP contribution in [0.2, 0.25) is 0 Å². The Kier molecular flexibility index (Phi) is 7.88. The van der Waals surface area contributed by atoms with Gasteiger partial charge in [-0.15, -0.1) is 24.0 Å². The van der Waals surface area contributed by atoms with Gasteiger partial charge in [-0.3, -0.25) is 4.99 Å². The van der Waals surface area contributed by atoms with Crippen LogP contribution < -0.4 is 10.6 Å². The van der Waals surface area contributed by atoms with Gasteiger partial charge in [0.1, 0.15) is 0 Å². The molecule has 132 valence electrons. The number of nitrogens with zero attached hydrogens (tertiary/aromatic N) is 1. The zero-order valence-electron chi connectivity index (χ0n) is 14.5. The topological polar surface area (TPSA) is 52.2 Å². The zero-order valence-corrected chi connectivity index (χ0v) is 16.8. The highest BCUT2D eigenvalue weighted by Crippen LogP contribution is 2.19. The second-order valence-corrected chi connectivity index (χ2v) is 6.44. The van der Waals surface area contributed by atoms with Crippen LogP contribution in [0, 0.1) is 0 Å². The number of benzene rings is 1. The van der Waals surface area contributed by atoms with Crippen molar-refractivity contribution in [2.24, 2.45) is 4.99 Å². The van der Waals surface area contributed by atoms with E-state index in [4.69, 9.17) is 0 Å². The minimum absolute atomic E-state index is 0. The Hall–Kier alpha value is -1.24. The fourth-order valence-electron chi connectivity index (χ4n) is 3.46. The highest BCUT2D eigenvalue weighted by atomic mass is 127. The number of nitrogens with one attached hydrogen (secondary N) is 3. The number of aryl methyl sites for hydroxylation is 1. The maximum Gasteiger partial charge on any atom is 0.191 e. The molecule has 1 aromatic carbocycles. The molecular formula is C19H29IN4. The Morgan fingerprint density at radius 1 is 1.21 bits per heavy atom. The van der Waals surface area contributed by atoms with Crippen molar-refractivity contribution in [2.45, 2.75) is 51.0 Å². The lowest BCUT2D eigenvalue weighted by Crippen LogP contribution is -2.44. The van der Waals surface area contributed by atoms with Crippen LogP contribution >= 0.6 is 24.0 Å². The van der Waals surface area contributed by atoms with Crippen LogP contribution in [0.4, 0.5) is 0 Å². The van der Waals surface area contributed by atoms with E-state index < -0.39 is 0 Å². The predicted octanol–water partition coefficient (Wildman–Crippen LogP) is 4.22. The predicted molar refractivity (Wildman–Crippen MR) is 113 cm³/mol. The first-order valence-corrected chi connectivity index (χ1v) is 8.89. The first-order valence-electron chi connectivity index (χ1n) is 8.89. The molecular weight excluding hydrogens is 411 g/mol. The third-order valence-electron chi connectivity index (χ3n) is 4.76. The van der Waals surface area contributed by atoms with E-state index in [0.29, 0.717) is 6.04 Å². The van der Waals surface area contributed by atoms with Gasteiger partial charge in [0.25, 0.3) is 0 Å². The van der Waals surface area contributed by atoms with Crippen LogP contribution in [0.1, 0.15) is 44.1 Å². The minimum atomic E-state index is 0. The van der Waals surface area contributed by atoms with Crippen molar-refractivity contribution in [1.29, 1.82) is 0 Å². The summed E-state index contributed by atoms with van der Waals surface area (Å²) in [6.45, 7) is 0.950. The minimum Gasteiger partial charge on any atom is -0.361 e. The summed E-state index contributed by atoms with van der Waals surface area (Å²) in [5, 5.41) is 8.36. The summed E-state index contributed by atoms with van der Waals surface area (Å²) in [4.78, 5) is 7.70. The van der Waals surface area contributed by atoms with Gasteiger partial charge in [-0.25, -0.2) is 0 Å². The van der Waals surface area contributed by atoms with Gasteiger partial charge < -0.3 is 15.6 Å². The average Bonchev–Trinajstić information content (AvgIpc) is 3.02. The van der Waals surface area contributed by atoms with Crippen molar-refractivity contribution in [1.82, 2.24) is 15.6 Å². The molecule has 0 radical (unpaired) electrons. The number of aromatic amines is 1. The number of aliphatic imine (C=N–C) groups is 1. The van der Waals surface area contributed by atoms with Gasteiger partial charge in [-0.05, 0) is 37.3 Å². The summed E-state index contributed by atoms with van der Waals surface area (Å²) in [5.41, 5.74) is 2.63. The smallest absolute Gasteiger partial charge is 0.191 e. The maximum absolute atomic E-state index is 4.35. The monoisotopic (exact) mass is 440 g/mol. The molecule has 0 spiro atoms. The van der Waals surface area contributed by atoms with Crippen molar-refractivity contribution in [3.8, 4) is 0 Å². The number of hydrogen-bond acceptors (Lipinski definition) is 1. The first kappa shape index (κ1) is 19.1. The molecule has 1 aliphatic rings. The summed E-state index contributed by atoms with van der Waals surface area (Å²) in [5.74, 6) is 0.954. The van der Waals surface area contributed by atoms with Crippen LogP contribution in [0.3, 0.4) is 0 Å². The van der Waals surface area contributed by atoms with Gasteiger partial charge in [-0.2, -0.15) is 0 Å². The Labute approximate surface area is 161 Å². The second kappa shape index (κ2) is 9.91. The van der Waals surface area contributed by atoms with E-state index in [0.717, 1.165) is 25.3 Å². The van der Waals surface area contributed by atoms with Crippen LogP contribution in [0.5, 0.6) is 0 Å². The van der Waals surface area contributed by atoms with Gasteiger partial charge in [0, 0.05) is 36.7 Å². The normalized spacial score (nSPS) is 16.0. The summed E-state index contributed by atoms with van der Waals surface area (Å²) in [7, 11) is 1.86. The quantitative estimate of drug-likeness (QED) is 0.282. The number of halogens is 1. The van der Waals surface area contributed by atoms with Gasteiger partial charge >= 0.3 is 0 Å². The van der Waals surface area contributed by atoms with E-state index >= 15 is 0 Å². The SMILES string of the molecule is CN=C(NCCCc1c[nH]c2ccccc12)NC1CCCCC1.I. The van der Waals surface area contributed by atoms with Crippen molar-refractivity contribution in [2.75, 3.05) is 13.6 Å². The molecule has 5 heteroatoms. The lowest BCUT2D eigenvalue weighted by Gasteiger charge is -2.24. The van der Waals surface area contributed by atoms with Crippen LogP contribution in [0.15, 0.2) is 35.5 Å². The molecule has 3 N–H and O–H groups in total. The lowest BCUT2D eigenvalue weighted by molar-refractivity contribution is 0.410. The number of guanidine groups is 1. The summed E-state index contributed by atoms with van der Waals surface area (Å²) < 4.78 is 0. The lowest BCUT2D eigenvalue weighted by atomic mass is 9.96. The number of para-hydroxylation sites is 1. The number of hydrogen-bond donors (Lipinski definition) is 3. The van der Waals surface area contributed by atoms with E-state index in [1.54, 1.807) is 0 Å². The molecule has 1 aromatic heterocycles. The molecule has 1 aliphatic carbocycles. The van der Waals surface area contributed by atoms with Crippen molar-refractivity contribution < 1.29 is 0 Å². The number of H-pyrrole nitrogens is 1. The van der Waals surface area contributed by atoms with Gasteiger partial charge in [0.2, 0.25) is 0 Å². The number of aromatic nitrogens is 1. The third kappa shape index (κ3) is 5.13.